The highest BCUT2D eigenvalue weighted by atomic mass is 35.5. The van der Waals surface area contributed by atoms with Crippen LogP contribution in [-0.4, -0.2) is 22.4 Å². The number of aromatic nitrogens is 1. The number of pyridine rings is 1. The highest BCUT2D eigenvalue weighted by Crippen LogP contribution is 2.32. The minimum absolute atomic E-state index is 0.281. The summed E-state index contributed by atoms with van der Waals surface area (Å²) >= 11 is 5.20. The lowest BCUT2D eigenvalue weighted by Crippen LogP contribution is -2.20. The Kier molecular flexibility index (Phi) is 3.95. The Morgan fingerprint density at radius 3 is 2.39 bits per heavy atom. The number of alkyl halides is 5. The van der Waals surface area contributed by atoms with Crippen LogP contribution in [-0.2, 0) is 0 Å². The molecule has 4 nitrogen and oxygen atoms in total. The SMILES string of the molecule is O=C(O)c1cc(C(F)F)c(Cl)nc1OC(F)(F)F. The highest BCUT2D eigenvalue weighted by Gasteiger charge is 2.35. The molecule has 1 heterocycles. The van der Waals surface area contributed by atoms with E-state index in [2.05, 4.69) is 9.72 Å². The molecule has 0 fully saturated rings. The first-order valence-electron chi connectivity index (χ1n) is 4.09. The van der Waals surface area contributed by atoms with Gasteiger partial charge < -0.3 is 9.84 Å². The first-order valence-corrected chi connectivity index (χ1v) is 4.47. The minimum Gasteiger partial charge on any atom is -0.477 e. The maximum absolute atomic E-state index is 12.4. The first-order chi connectivity index (χ1) is 8.11. The number of hydrogen-bond acceptors (Lipinski definition) is 3. The zero-order valence-corrected chi connectivity index (χ0v) is 8.89. The molecule has 0 radical (unpaired) electrons. The van der Waals surface area contributed by atoms with E-state index in [-0.39, 0.29) is 6.07 Å². The van der Waals surface area contributed by atoms with Crippen LogP contribution in [0.1, 0.15) is 22.3 Å². The number of ether oxygens (including phenoxy) is 1. The Morgan fingerprint density at radius 1 is 1.44 bits per heavy atom. The molecule has 0 amide bonds. The summed E-state index contributed by atoms with van der Waals surface area (Å²) in [6, 6.07) is 0.281. The van der Waals surface area contributed by atoms with Gasteiger partial charge in [0.05, 0.1) is 5.56 Å². The standard InChI is InChI=1S/C8H3ClF5NO3/c9-4-2(5(10)11)1-3(7(16)17)6(15-4)18-8(12,13)14/h1,5H,(H,16,17). The lowest BCUT2D eigenvalue weighted by atomic mass is 10.2. The largest absolute Gasteiger partial charge is 0.574 e. The first kappa shape index (κ1) is 14.4. The van der Waals surface area contributed by atoms with E-state index >= 15 is 0 Å². The van der Waals surface area contributed by atoms with E-state index < -0.39 is 40.9 Å². The molecule has 18 heavy (non-hydrogen) atoms. The van der Waals surface area contributed by atoms with E-state index in [0.717, 1.165) is 0 Å². The van der Waals surface area contributed by atoms with E-state index in [9.17, 15) is 26.7 Å². The Labute approximate surface area is 101 Å². The number of halogens is 6. The van der Waals surface area contributed by atoms with Gasteiger partial charge in [-0.25, -0.2) is 18.6 Å². The zero-order valence-electron chi connectivity index (χ0n) is 8.13. The molecule has 0 aliphatic rings. The third-order valence-electron chi connectivity index (χ3n) is 1.65. The Balaban J connectivity index is 3.34. The Bertz CT molecular complexity index is 477. The monoisotopic (exact) mass is 291 g/mol. The summed E-state index contributed by atoms with van der Waals surface area (Å²) in [5, 5.41) is 7.62. The van der Waals surface area contributed by atoms with Gasteiger partial charge in [-0.15, -0.1) is 13.2 Å². The van der Waals surface area contributed by atoms with Crippen molar-refractivity contribution < 1.29 is 36.6 Å². The number of hydrogen-bond donors (Lipinski definition) is 1. The molecule has 0 spiro atoms. The van der Waals surface area contributed by atoms with Crippen molar-refractivity contribution in [1.29, 1.82) is 0 Å². The van der Waals surface area contributed by atoms with Crippen LogP contribution in [0.2, 0.25) is 5.15 Å². The average Bonchev–Trinajstić information content (AvgIpc) is 2.13. The normalized spacial score (nSPS) is 11.7. The van der Waals surface area contributed by atoms with E-state index in [4.69, 9.17) is 16.7 Å². The molecule has 100 valence electrons. The predicted molar refractivity (Wildman–Crippen MR) is 47.8 cm³/mol. The van der Waals surface area contributed by atoms with Crippen molar-refractivity contribution in [2.75, 3.05) is 0 Å². The van der Waals surface area contributed by atoms with Crippen LogP contribution in [0.4, 0.5) is 22.0 Å². The molecule has 0 saturated heterocycles. The van der Waals surface area contributed by atoms with Crippen LogP contribution in [0.3, 0.4) is 0 Å². The Hall–Kier alpha value is -1.64. The fraction of sp³-hybridized carbons (Fsp3) is 0.250. The molecule has 0 unspecified atom stereocenters. The summed E-state index contributed by atoms with van der Waals surface area (Å²) in [6.07, 6.45) is -8.39. The molecule has 1 rings (SSSR count). The van der Waals surface area contributed by atoms with Gasteiger partial charge in [-0.05, 0) is 6.07 Å². The van der Waals surface area contributed by atoms with Gasteiger partial charge >= 0.3 is 12.3 Å². The minimum atomic E-state index is -5.22. The molecule has 1 aromatic rings. The van der Waals surface area contributed by atoms with Gasteiger partial charge in [-0.2, -0.15) is 0 Å². The van der Waals surface area contributed by atoms with Crippen LogP contribution in [0.25, 0.3) is 0 Å². The molecule has 0 atom stereocenters. The second-order valence-corrected chi connectivity index (χ2v) is 3.23. The fourth-order valence-electron chi connectivity index (χ4n) is 0.984. The van der Waals surface area contributed by atoms with Crippen molar-refractivity contribution in [3.63, 3.8) is 0 Å². The van der Waals surface area contributed by atoms with Crippen molar-refractivity contribution in [1.82, 2.24) is 4.98 Å². The molecular weight excluding hydrogens is 289 g/mol. The van der Waals surface area contributed by atoms with Crippen molar-refractivity contribution in [2.45, 2.75) is 12.8 Å². The quantitative estimate of drug-likeness (QED) is 0.686. The number of rotatable bonds is 3. The number of aromatic carboxylic acids is 1. The molecule has 0 saturated carbocycles. The summed E-state index contributed by atoms with van der Waals surface area (Å²) < 4.78 is 63.8. The summed E-state index contributed by atoms with van der Waals surface area (Å²) in [4.78, 5) is 13.5. The van der Waals surface area contributed by atoms with Gasteiger partial charge in [-0.1, -0.05) is 11.6 Å². The molecule has 0 aliphatic heterocycles. The average molecular weight is 292 g/mol. The van der Waals surface area contributed by atoms with Gasteiger partial charge in [0.25, 0.3) is 6.43 Å². The van der Waals surface area contributed by atoms with Crippen LogP contribution < -0.4 is 4.74 Å². The van der Waals surface area contributed by atoms with Crippen LogP contribution in [0.15, 0.2) is 6.07 Å². The fourth-order valence-corrected chi connectivity index (χ4v) is 1.20. The van der Waals surface area contributed by atoms with E-state index in [0.29, 0.717) is 0 Å². The highest BCUT2D eigenvalue weighted by molar-refractivity contribution is 6.30. The van der Waals surface area contributed by atoms with Crippen LogP contribution >= 0.6 is 11.6 Å². The van der Waals surface area contributed by atoms with Gasteiger partial charge in [0.2, 0.25) is 5.88 Å². The zero-order chi connectivity index (χ0) is 14.1. The van der Waals surface area contributed by atoms with Crippen molar-refractivity contribution in [2.24, 2.45) is 0 Å². The summed E-state index contributed by atoms with van der Waals surface area (Å²) in [5.41, 5.74) is -2.16. The topological polar surface area (TPSA) is 59.4 Å². The number of nitrogens with zero attached hydrogens (tertiary/aromatic N) is 1. The molecule has 0 bridgehead atoms. The van der Waals surface area contributed by atoms with E-state index in [1.165, 1.54) is 0 Å². The van der Waals surface area contributed by atoms with Gasteiger partial charge in [0.1, 0.15) is 10.7 Å². The lowest BCUT2D eigenvalue weighted by molar-refractivity contribution is -0.276. The summed E-state index contributed by atoms with van der Waals surface area (Å²) in [6.45, 7) is 0. The smallest absolute Gasteiger partial charge is 0.477 e. The van der Waals surface area contributed by atoms with Gasteiger partial charge in [0.15, 0.2) is 0 Å². The van der Waals surface area contributed by atoms with Crippen molar-refractivity contribution in [3.05, 3.63) is 22.3 Å². The molecule has 1 aromatic heterocycles. The predicted octanol–water partition coefficient (Wildman–Crippen LogP) is 3.27. The third-order valence-corrected chi connectivity index (χ3v) is 1.95. The molecule has 1 N–H and O–H groups in total. The molecule has 0 aliphatic carbocycles. The van der Waals surface area contributed by atoms with Crippen LogP contribution in [0, 0.1) is 0 Å². The van der Waals surface area contributed by atoms with Gasteiger partial charge in [0, 0.05) is 0 Å². The van der Waals surface area contributed by atoms with Crippen molar-refractivity contribution in [3.8, 4) is 5.88 Å². The second kappa shape index (κ2) is 4.92. The Morgan fingerprint density at radius 2 is 2.00 bits per heavy atom. The molecule has 0 aromatic carbocycles. The molecule has 10 heteroatoms. The lowest BCUT2D eigenvalue weighted by Gasteiger charge is -2.12. The number of carboxylic acid groups (broad SMARTS) is 1. The number of carbonyl (C=O) groups is 1. The third kappa shape index (κ3) is 3.42. The van der Waals surface area contributed by atoms with Crippen LogP contribution in [0.5, 0.6) is 5.88 Å². The summed E-state index contributed by atoms with van der Waals surface area (Å²) in [7, 11) is 0. The summed E-state index contributed by atoms with van der Waals surface area (Å²) in [5.74, 6) is -3.30. The van der Waals surface area contributed by atoms with E-state index in [1.54, 1.807) is 0 Å². The van der Waals surface area contributed by atoms with E-state index in [1.807, 2.05) is 0 Å². The maximum atomic E-state index is 12.4. The number of carboxylic acids is 1. The van der Waals surface area contributed by atoms with Gasteiger partial charge in [-0.3, -0.25) is 0 Å². The molecular formula is C8H3ClF5NO3. The maximum Gasteiger partial charge on any atom is 0.574 e. The second-order valence-electron chi connectivity index (χ2n) is 2.87. The van der Waals surface area contributed by atoms with Crippen molar-refractivity contribution >= 4 is 17.6 Å².